The normalized spacial score (nSPS) is 13.2. The maximum absolute atomic E-state index is 13.4. The van der Waals surface area contributed by atoms with E-state index in [-0.39, 0.29) is 11.6 Å². The zero-order valence-corrected chi connectivity index (χ0v) is 15.8. The predicted molar refractivity (Wildman–Crippen MR) is 98.9 cm³/mol. The molecule has 0 atom stereocenters. The van der Waals surface area contributed by atoms with E-state index in [9.17, 15) is 8.78 Å². The Kier molecular flexibility index (Phi) is 5.58. The van der Waals surface area contributed by atoms with E-state index in [4.69, 9.17) is 0 Å². The van der Waals surface area contributed by atoms with Crippen LogP contribution in [0.2, 0.25) is 0 Å². The van der Waals surface area contributed by atoms with Crippen LogP contribution in [0.5, 0.6) is 0 Å². The first-order valence-electron chi connectivity index (χ1n) is 7.42. The van der Waals surface area contributed by atoms with Crippen molar-refractivity contribution in [1.82, 2.24) is 10.3 Å². The number of halogens is 4. The highest BCUT2D eigenvalue weighted by Gasteiger charge is 2.14. The van der Waals surface area contributed by atoms with Crippen LogP contribution in [0.15, 0.2) is 51.7 Å². The summed E-state index contributed by atoms with van der Waals surface area (Å²) < 4.78 is 27.7. The van der Waals surface area contributed by atoms with Crippen molar-refractivity contribution < 1.29 is 8.78 Å². The SMILES string of the molecule is Fc1c(Br)ccc2c1CNCC2.Fc1c(Br)ccc2ccncc12. The number of hydrogen-bond acceptors (Lipinski definition) is 2. The van der Waals surface area contributed by atoms with Gasteiger partial charge in [-0.05, 0) is 74.0 Å². The summed E-state index contributed by atoms with van der Waals surface area (Å²) in [7, 11) is 0. The Morgan fingerprint density at radius 1 is 0.958 bits per heavy atom. The van der Waals surface area contributed by atoms with Gasteiger partial charge in [0.05, 0.1) is 8.95 Å². The lowest BCUT2D eigenvalue weighted by Gasteiger charge is -2.17. The first-order chi connectivity index (χ1) is 11.6. The Balaban J connectivity index is 0.000000141. The summed E-state index contributed by atoms with van der Waals surface area (Å²) in [5.41, 5.74) is 1.95. The summed E-state index contributed by atoms with van der Waals surface area (Å²) in [4.78, 5) is 3.85. The van der Waals surface area contributed by atoms with Crippen LogP contribution >= 0.6 is 31.9 Å². The van der Waals surface area contributed by atoms with Crippen molar-refractivity contribution >= 4 is 42.6 Å². The van der Waals surface area contributed by atoms with Crippen LogP contribution in [-0.2, 0) is 13.0 Å². The zero-order valence-electron chi connectivity index (χ0n) is 12.6. The molecule has 2 aromatic carbocycles. The summed E-state index contributed by atoms with van der Waals surface area (Å²) in [6.07, 6.45) is 4.10. The van der Waals surface area contributed by atoms with Gasteiger partial charge in [-0.25, -0.2) is 8.78 Å². The number of pyridine rings is 1. The minimum Gasteiger partial charge on any atom is -0.312 e. The average molecular weight is 456 g/mol. The van der Waals surface area contributed by atoms with Gasteiger partial charge in [-0.3, -0.25) is 4.98 Å². The first-order valence-corrected chi connectivity index (χ1v) is 9.00. The third kappa shape index (κ3) is 3.66. The van der Waals surface area contributed by atoms with Crippen LogP contribution in [0.25, 0.3) is 10.8 Å². The molecule has 0 fully saturated rings. The highest BCUT2D eigenvalue weighted by Crippen LogP contribution is 2.24. The molecule has 0 bridgehead atoms. The number of fused-ring (bicyclic) bond motifs is 2. The molecule has 1 aliphatic rings. The lowest BCUT2D eigenvalue weighted by molar-refractivity contribution is 0.558. The Morgan fingerprint density at radius 2 is 1.71 bits per heavy atom. The maximum Gasteiger partial charge on any atom is 0.146 e. The third-order valence-corrected chi connectivity index (χ3v) is 5.10. The van der Waals surface area contributed by atoms with Crippen LogP contribution in [0.3, 0.4) is 0 Å². The monoisotopic (exact) mass is 454 g/mol. The number of rotatable bonds is 0. The van der Waals surface area contributed by atoms with Crippen LogP contribution in [-0.4, -0.2) is 11.5 Å². The maximum atomic E-state index is 13.4. The molecule has 1 aliphatic heterocycles. The molecule has 124 valence electrons. The molecule has 2 nitrogen and oxygen atoms in total. The molecule has 0 radical (unpaired) electrons. The van der Waals surface area contributed by atoms with Crippen LogP contribution in [0.1, 0.15) is 11.1 Å². The van der Waals surface area contributed by atoms with Gasteiger partial charge in [0, 0.05) is 29.9 Å². The molecule has 0 saturated carbocycles. The first kappa shape index (κ1) is 17.5. The molecule has 0 unspecified atom stereocenters. The molecule has 4 rings (SSSR count). The average Bonchev–Trinajstić information content (AvgIpc) is 2.62. The molecule has 1 aromatic heterocycles. The van der Waals surface area contributed by atoms with Crippen LogP contribution < -0.4 is 5.32 Å². The van der Waals surface area contributed by atoms with Crippen molar-refractivity contribution in [2.24, 2.45) is 0 Å². The van der Waals surface area contributed by atoms with Crippen molar-refractivity contribution in [3.63, 3.8) is 0 Å². The van der Waals surface area contributed by atoms with Gasteiger partial charge in [-0.15, -0.1) is 0 Å². The van der Waals surface area contributed by atoms with Gasteiger partial charge in [0.2, 0.25) is 0 Å². The van der Waals surface area contributed by atoms with E-state index in [2.05, 4.69) is 42.2 Å². The molecular weight excluding hydrogens is 442 g/mol. The van der Waals surface area contributed by atoms with Gasteiger partial charge < -0.3 is 5.32 Å². The summed E-state index contributed by atoms with van der Waals surface area (Å²) in [6, 6.07) is 9.09. The van der Waals surface area contributed by atoms with E-state index in [1.165, 1.54) is 6.20 Å². The van der Waals surface area contributed by atoms with Crippen molar-refractivity contribution in [3.8, 4) is 0 Å². The number of nitrogens with zero attached hydrogens (tertiary/aromatic N) is 1. The Bertz CT molecular complexity index is 884. The molecule has 0 spiro atoms. The van der Waals surface area contributed by atoms with E-state index in [0.29, 0.717) is 20.9 Å². The summed E-state index contributed by atoms with van der Waals surface area (Å²) >= 11 is 6.29. The van der Waals surface area contributed by atoms with Gasteiger partial charge in [-0.1, -0.05) is 12.1 Å². The summed E-state index contributed by atoms with van der Waals surface area (Å²) in [6.45, 7) is 1.61. The molecule has 0 saturated heterocycles. The Labute approximate surface area is 155 Å². The van der Waals surface area contributed by atoms with Gasteiger partial charge in [0.15, 0.2) is 0 Å². The molecule has 3 aromatic rings. The second-order valence-corrected chi connectivity index (χ2v) is 7.09. The summed E-state index contributed by atoms with van der Waals surface area (Å²) in [5, 5.41) is 4.56. The van der Waals surface area contributed by atoms with Gasteiger partial charge in [0.1, 0.15) is 11.6 Å². The molecular formula is C18H14Br2F2N2. The van der Waals surface area contributed by atoms with Crippen molar-refractivity contribution in [1.29, 1.82) is 0 Å². The third-order valence-electron chi connectivity index (χ3n) is 3.88. The van der Waals surface area contributed by atoms with Gasteiger partial charge in [0.25, 0.3) is 0 Å². The zero-order chi connectivity index (χ0) is 17.1. The van der Waals surface area contributed by atoms with Crippen LogP contribution in [0.4, 0.5) is 8.78 Å². The fourth-order valence-corrected chi connectivity index (χ4v) is 3.31. The standard InChI is InChI=1S/C9H9BrFN.C9H5BrFN/c2*10-8-2-1-6-3-4-12-5-7(6)9(8)11/h1-2,12H,3-5H2;1-5H. The lowest BCUT2D eigenvalue weighted by atomic mass is 10.0. The van der Waals surface area contributed by atoms with Crippen molar-refractivity contribution in [2.75, 3.05) is 6.54 Å². The topological polar surface area (TPSA) is 24.9 Å². The number of aromatic nitrogens is 1. The Hall–Kier alpha value is -1.37. The molecule has 6 heteroatoms. The van der Waals surface area contributed by atoms with Crippen molar-refractivity contribution in [2.45, 2.75) is 13.0 Å². The molecule has 2 heterocycles. The highest BCUT2D eigenvalue weighted by atomic mass is 79.9. The number of nitrogens with one attached hydrogen (secondary N) is 1. The van der Waals surface area contributed by atoms with E-state index >= 15 is 0 Å². The molecule has 1 N–H and O–H groups in total. The minimum atomic E-state index is -0.249. The second-order valence-electron chi connectivity index (χ2n) is 5.38. The fraction of sp³-hybridized carbons (Fsp3) is 0.167. The van der Waals surface area contributed by atoms with Crippen LogP contribution in [0, 0.1) is 11.6 Å². The molecule has 0 aliphatic carbocycles. The summed E-state index contributed by atoms with van der Waals surface area (Å²) in [5.74, 6) is -0.361. The lowest BCUT2D eigenvalue weighted by Crippen LogP contribution is -2.24. The van der Waals surface area contributed by atoms with E-state index in [1.807, 2.05) is 12.1 Å². The highest BCUT2D eigenvalue weighted by molar-refractivity contribution is 9.10. The Morgan fingerprint density at radius 3 is 2.54 bits per heavy atom. The fourth-order valence-electron chi connectivity index (χ4n) is 2.59. The predicted octanol–water partition coefficient (Wildman–Crippen LogP) is 5.37. The second kappa shape index (κ2) is 7.68. The van der Waals surface area contributed by atoms with Crippen molar-refractivity contribution in [3.05, 3.63) is 74.4 Å². The molecule has 0 amide bonds. The van der Waals surface area contributed by atoms with Gasteiger partial charge in [-0.2, -0.15) is 0 Å². The van der Waals surface area contributed by atoms with E-state index < -0.39 is 0 Å². The number of hydrogen-bond donors (Lipinski definition) is 1. The van der Waals surface area contributed by atoms with E-state index in [0.717, 1.165) is 29.5 Å². The van der Waals surface area contributed by atoms with E-state index in [1.54, 1.807) is 24.4 Å². The molecule has 24 heavy (non-hydrogen) atoms. The largest absolute Gasteiger partial charge is 0.312 e. The smallest absolute Gasteiger partial charge is 0.146 e. The quantitative estimate of drug-likeness (QED) is 0.492. The minimum absolute atomic E-state index is 0.111. The van der Waals surface area contributed by atoms with Gasteiger partial charge >= 0.3 is 0 Å². The number of benzene rings is 2.